The Balaban J connectivity index is 2.58. The van der Waals surface area contributed by atoms with E-state index in [1.807, 2.05) is 6.07 Å². The van der Waals surface area contributed by atoms with Crippen molar-refractivity contribution in [2.45, 2.75) is 26.7 Å². The number of halogens is 2. The van der Waals surface area contributed by atoms with Gasteiger partial charge < -0.3 is 0 Å². The Bertz CT molecular complexity index is 296. The molecule has 1 aromatic rings. The second kappa shape index (κ2) is 6.26. The van der Waals surface area contributed by atoms with Gasteiger partial charge in [0, 0.05) is 5.33 Å². The zero-order chi connectivity index (χ0) is 11.3. The van der Waals surface area contributed by atoms with E-state index in [1.54, 1.807) is 12.1 Å². The van der Waals surface area contributed by atoms with E-state index in [4.69, 9.17) is 0 Å². The fraction of sp³-hybridized carbons (Fsp3) is 0.538. The quantitative estimate of drug-likeness (QED) is 0.696. The van der Waals surface area contributed by atoms with Crippen LogP contribution in [-0.4, -0.2) is 5.33 Å². The first kappa shape index (κ1) is 12.7. The summed E-state index contributed by atoms with van der Waals surface area (Å²) in [6.07, 6.45) is 2.14. The van der Waals surface area contributed by atoms with Crippen LogP contribution in [0.3, 0.4) is 0 Å². The molecule has 0 aliphatic heterocycles. The summed E-state index contributed by atoms with van der Waals surface area (Å²) in [6, 6.07) is 6.91. The number of benzene rings is 1. The third-order valence-corrected chi connectivity index (χ3v) is 3.35. The molecule has 2 heteroatoms. The van der Waals surface area contributed by atoms with E-state index in [9.17, 15) is 4.39 Å². The van der Waals surface area contributed by atoms with Crippen LogP contribution in [0.4, 0.5) is 4.39 Å². The average molecular weight is 273 g/mol. The fourth-order valence-electron chi connectivity index (χ4n) is 1.86. The molecule has 0 saturated carbocycles. The minimum atomic E-state index is -0.134. The van der Waals surface area contributed by atoms with Crippen LogP contribution in [0, 0.1) is 17.7 Å². The molecule has 1 rings (SSSR count). The molecule has 84 valence electrons. The summed E-state index contributed by atoms with van der Waals surface area (Å²) >= 11 is 3.53. The maximum absolute atomic E-state index is 13.0. The lowest BCUT2D eigenvalue weighted by molar-refractivity contribution is 0.444. The smallest absolute Gasteiger partial charge is 0.123 e. The summed E-state index contributed by atoms with van der Waals surface area (Å²) in [5.74, 6) is 1.17. The lowest BCUT2D eigenvalue weighted by Gasteiger charge is -2.16. The predicted molar refractivity (Wildman–Crippen MR) is 66.8 cm³/mol. The van der Waals surface area contributed by atoms with Crippen molar-refractivity contribution in [1.82, 2.24) is 0 Å². The SMILES string of the molecule is CC(C)CC(CBr)Cc1cccc(F)c1. The van der Waals surface area contributed by atoms with Crippen molar-refractivity contribution in [1.29, 1.82) is 0 Å². The molecule has 0 aromatic heterocycles. The number of rotatable bonds is 5. The zero-order valence-electron chi connectivity index (χ0n) is 9.34. The molecular formula is C13H18BrF. The monoisotopic (exact) mass is 272 g/mol. The molecule has 1 aromatic carbocycles. The first-order valence-corrected chi connectivity index (χ1v) is 6.54. The van der Waals surface area contributed by atoms with Gasteiger partial charge in [-0.2, -0.15) is 0 Å². The van der Waals surface area contributed by atoms with E-state index < -0.39 is 0 Å². The molecule has 15 heavy (non-hydrogen) atoms. The highest BCUT2D eigenvalue weighted by molar-refractivity contribution is 9.09. The third kappa shape index (κ3) is 4.78. The van der Waals surface area contributed by atoms with Crippen LogP contribution in [-0.2, 0) is 6.42 Å². The first-order chi connectivity index (χ1) is 7.11. The highest BCUT2D eigenvalue weighted by Gasteiger charge is 2.10. The number of hydrogen-bond acceptors (Lipinski definition) is 0. The highest BCUT2D eigenvalue weighted by atomic mass is 79.9. The molecule has 0 N–H and O–H groups in total. The molecule has 0 heterocycles. The van der Waals surface area contributed by atoms with E-state index in [1.165, 1.54) is 12.5 Å². The molecule has 0 radical (unpaired) electrons. The Morgan fingerprint density at radius 2 is 2.07 bits per heavy atom. The van der Waals surface area contributed by atoms with Crippen LogP contribution in [0.25, 0.3) is 0 Å². The van der Waals surface area contributed by atoms with Gasteiger partial charge in [0.25, 0.3) is 0 Å². The normalized spacial score (nSPS) is 13.1. The zero-order valence-corrected chi connectivity index (χ0v) is 10.9. The van der Waals surface area contributed by atoms with Crippen molar-refractivity contribution >= 4 is 15.9 Å². The van der Waals surface area contributed by atoms with Crippen LogP contribution in [0.15, 0.2) is 24.3 Å². The predicted octanol–water partition coefficient (Wildman–Crippen LogP) is 4.43. The lowest BCUT2D eigenvalue weighted by atomic mass is 9.92. The number of hydrogen-bond donors (Lipinski definition) is 0. The Morgan fingerprint density at radius 3 is 2.60 bits per heavy atom. The Morgan fingerprint density at radius 1 is 1.33 bits per heavy atom. The van der Waals surface area contributed by atoms with Crippen molar-refractivity contribution in [2.75, 3.05) is 5.33 Å². The highest BCUT2D eigenvalue weighted by Crippen LogP contribution is 2.19. The average Bonchev–Trinajstić information content (AvgIpc) is 2.16. The number of alkyl halides is 1. The lowest BCUT2D eigenvalue weighted by Crippen LogP contribution is -2.09. The molecule has 0 saturated heterocycles. The van der Waals surface area contributed by atoms with E-state index in [-0.39, 0.29) is 5.82 Å². The Labute approximate surface area is 100 Å². The minimum absolute atomic E-state index is 0.134. The van der Waals surface area contributed by atoms with Gasteiger partial charge in [0.2, 0.25) is 0 Å². The molecule has 0 spiro atoms. The topological polar surface area (TPSA) is 0 Å². The van der Waals surface area contributed by atoms with Gasteiger partial charge in [-0.15, -0.1) is 0 Å². The van der Waals surface area contributed by atoms with E-state index in [2.05, 4.69) is 29.8 Å². The molecule has 0 amide bonds. The van der Waals surface area contributed by atoms with Gasteiger partial charge in [-0.3, -0.25) is 0 Å². The maximum atomic E-state index is 13.0. The second-order valence-electron chi connectivity index (χ2n) is 4.48. The summed E-state index contributed by atoms with van der Waals surface area (Å²) < 4.78 is 13.0. The van der Waals surface area contributed by atoms with E-state index in [0.29, 0.717) is 11.8 Å². The van der Waals surface area contributed by atoms with Gasteiger partial charge in [-0.1, -0.05) is 41.9 Å². The van der Waals surface area contributed by atoms with Crippen molar-refractivity contribution in [3.8, 4) is 0 Å². The largest absolute Gasteiger partial charge is 0.207 e. The molecule has 0 bridgehead atoms. The van der Waals surface area contributed by atoms with Crippen molar-refractivity contribution < 1.29 is 4.39 Å². The van der Waals surface area contributed by atoms with Gasteiger partial charge in [0.05, 0.1) is 0 Å². The van der Waals surface area contributed by atoms with Crippen molar-refractivity contribution in [2.24, 2.45) is 11.8 Å². The molecular weight excluding hydrogens is 255 g/mol. The van der Waals surface area contributed by atoms with Crippen molar-refractivity contribution in [3.05, 3.63) is 35.6 Å². The summed E-state index contributed by atoms with van der Waals surface area (Å²) in [4.78, 5) is 0. The standard InChI is InChI=1S/C13H18BrF/c1-10(2)6-12(9-14)7-11-4-3-5-13(15)8-11/h3-5,8,10,12H,6-7,9H2,1-2H3. The van der Waals surface area contributed by atoms with Gasteiger partial charge >= 0.3 is 0 Å². The molecule has 1 unspecified atom stereocenters. The van der Waals surface area contributed by atoms with Gasteiger partial charge in [0.15, 0.2) is 0 Å². The second-order valence-corrected chi connectivity index (χ2v) is 5.13. The summed E-state index contributed by atoms with van der Waals surface area (Å²) in [5.41, 5.74) is 1.10. The van der Waals surface area contributed by atoms with E-state index in [0.717, 1.165) is 17.3 Å². The fourth-order valence-corrected chi connectivity index (χ4v) is 2.36. The van der Waals surface area contributed by atoms with Gasteiger partial charge in [-0.05, 0) is 42.4 Å². The van der Waals surface area contributed by atoms with E-state index >= 15 is 0 Å². The molecule has 1 atom stereocenters. The minimum Gasteiger partial charge on any atom is -0.207 e. The van der Waals surface area contributed by atoms with Crippen molar-refractivity contribution in [3.63, 3.8) is 0 Å². The summed E-state index contributed by atoms with van der Waals surface area (Å²) in [6.45, 7) is 4.45. The van der Waals surface area contributed by atoms with Crippen LogP contribution in [0.5, 0.6) is 0 Å². The van der Waals surface area contributed by atoms with Crippen LogP contribution >= 0.6 is 15.9 Å². The van der Waals surface area contributed by atoms with Crippen LogP contribution < -0.4 is 0 Å². The first-order valence-electron chi connectivity index (χ1n) is 5.42. The third-order valence-electron chi connectivity index (χ3n) is 2.44. The van der Waals surface area contributed by atoms with Crippen LogP contribution in [0.1, 0.15) is 25.8 Å². The summed E-state index contributed by atoms with van der Waals surface area (Å²) in [7, 11) is 0. The Kier molecular flexibility index (Phi) is 5.30. The Hall–Kier alpha value is -0.370. The maximum Gasteiger partial charge on any atom is 0.123 e. The van der Waals surface area contributed by atoms with Crippen LogP contribution in [0.2, 0.25) is 0 Å². The molecule has 0 aliphatic rings. The van der Waals surface area contributed by atoms with Gasteiger partial charge in [-0.25, -0.2) is 4.39 Å². The summed E-state index contributed by atoms with van der Waals surface area (Å²) in [5, 5.41) is 0.988. The molecule has 0 fully saturated rings. The van der Waals surface area contributed by atoms with Gasteiger partial charge in [0.1, 0.15) is 5.82 Å². The molecule has 0 aliphatic carbocycles. The molecule has 0 nitrogen and oxygen atoms in total.